The molecule has 1 aromatic heterocycles. The van der Waals surface area contributed by atoms with E-state index in [1.807, 2.05) is 6.08 Å². The van der Waals surface area contributed by atoms with Crippen LogP contribution in [0.3, 0.4) is 0 Å². The van der Waals surface area contributed by atoms with Crippen molar-refractivity contribution in [2.45, 2.75) is 32.5 Å². The summed E-state index contributed by atoms with van der Waals surface area (Å²) >= 11 is 1.76. The van der Waals surface area contributed by atoms with Crippen LogP contribution in [0, 0.1) is 12.8 Å². The van der Waals surface area contributed by atoms with Gasteiger partial charge in [-0.05, 0) is 18.9 Å². The maximum Gasteiger partial charge on any atom is 0.191 e. The first-order chi connectivity index (χ1) is 9.61. The van der Waals surface area contributed by atoms with Gasteiger partial charge < -0.3 is 0 Å². The van der Waals surface area contributed by atoms with Crippen LogP contribution in [0.25, 0.3) is 11.4 Å². The number of aromatic nitrogens is 3. The Hall–Kier alpha value is -1.55. The maximum atomic E-state index is 4.37. The van der Waals surface area contributed by atoms with E-state index in [2.05, 4.69) is 66.4 Å². The van der Waals surface area contributed by atoms with Crippen molar-refractivity contribution in [1.29, 1.82) is 0 Å². The standard InChI is InChI=1S/C16H21N3S/c1-5-9-19-15(14-8-6-7-13(4)10-14)17-18-16(19)20-11-12(2)3/h5-8,10,12H,1,9,11H2,2-4H3. The molecular formula is C16H21N3S. The molecule has 0 atom stereocenters. The minimum atomic E-state index is 0.635. The van der Waals surface area contributed by atoms with Gasteiger partial charge in [-0.25, -0.2) is 0 Å². The fraction of sp³-hybridized carbons (Fsp3) is 0.375. The molecule has 3 nitrogen and oxygen atoms in total. The third-order valence-corrected chi connectivity index (χ3v) is 4.24. The van der Waals surface area contributed by atoms with Crippen LogP contribution >= 0.6 is 11.8 Å². The molecule has 0 aliphatic carbocycles. The number of hydrogen-bond donors (Lipinski definition) is 0. The van der Waals surface area contributed by atoms with Gasteiger partial charge in [-0.1, -0.05) is 55.4 Å². The molecule has 0 aliphatic rings. The number of benzene rings is 1. The minimum Gasteiger partial charge on any atom is -0.298 e. The van der Waals surface area contributed by atoms with Crippen molar-refractivity contribution in [3.63, 3.8) is 0 Å². The Kier molecular flexibility index (Phi) is 5.01. The number of nitrogens with zero attached hydrogens (tertiary/aromatic N) is 3. The van der Waals surface area contributed by atoms with E-state index in [0.717, 1.165) is 28.8 Å². The van der Waals surface area contributed by atoms with E-state index < -0.39 is 0 Å². The molecule has 0 aliphatic heterocycles. The van der Waals surface area contributed by atoms with E-state index in [-0.39, 0.29) is 0 Å². The predicted octanol–water partition coefficient (Wildman–Crippen LogP) is 4.19. The van der Waals surface area contributed by atoms with Crippen LogP contribution in [-0.4, -0.2) is 20.5 Å². The Balaban J connectivity index is 2.35. The lowest BCUT2D eigenvalue weighted by Gasteiger charge is -2.09. The van der Waals surface area contributed by atoms with Crippen LogP contribution in [0.1, 0.15) is 19.4 Å². The molecule has 4 heteroatoms. The van der Waals surface area contributed by atoms with Crippen LogP contribution in [-0.2, 0) is 6.54 Å². The van der Waals surface area contributed by atoms with Crippen molar-refractivity contribution in [3.05, 3.63) is 42.5 Å². The van der Waals surface area contributed by atoms with Gasteiger partial charge in [-0.15, -0.1) is 16.8 Å². The lowest BCUT2D eigenvalue weighted by atomic mass is 10.1. The summed E-state index contributed by atoms with van der Waals surface area (Å²) in [5.41, 5.74) is 2.34. The molecule has 0 N–H and O–H groups in total. The third kappa shape index (κ3) is 3.51. The van der Waals surface area contributed by atoms with Gasteiger partial charge in [0.05, 0.1) is 0 Å². The largest absolute Gasteiger partial charge is 0.298 e. The molecule has 0 unspecified atom stereocenters. The van der Waals surface area contributed by atoms with Crippen molar-refractivity contribution in [2.24, 2.45) is 5.92 Å². The summed E-state index contributed by atoms with van der Waals surface area (Å²) in [6, 6.07) is 8.36. The highest BCUT2D eigenvalue weighted by molar-refractivity contribution is 7.99. The lowest BCUT2D eigenvalue weighted by Crippen LogP contribution is -2.02. The van der Waals surface area contributed by atoms with Crippen LogP contribution < -0.4 is 0 Å². The van der Waals surface area contributed by atoms with Crippen LogP contribution in [0.4, 0.5) is 0 Å². The average molecular weight is 287 g/mol. The van der Waals surface area contributed by atoms with Gasteiger partial charge >= 0.3 is 0 Å². The van der Waals surface area contributed by atoms with Gasteiger partial charge in [-0.2, -0.15) is 0 Å². The minimum absolute atomic E-state index is 0.635. The summed E-state index contributed by atoms with van der Waals surface area (Å²) < 4.78 is 2.13. The first-order valence-electron chi connectivity index (χ1n) is 6.85. The molecule has 0 saturated carbocycles. The van der Waals surface area contributed by atoms with Crippen molar-refractivity contribution in [1.82, 2.24) is 14.8 Å². The molecule has 106 valence electrons. The normalized spacial score (nSPS) is 11.0. The monoisotopic (exact) mass is 287 g/mol. The molecule has 0 fully saturated rings. The number of rotatable bonds is 6. The van der Waals surface area contributed by atoms with Gasteiger partial charge in [0.2, 0.25) is 0 Å². The molecule has 2 rings (SSSR count). The molecule has 1 heterocycles. The Morgan fingerprint density at radius 3 is 2.80 bits per heavy atom. The van der Waals surface area contributed by atoms with Gasteiger partial charge in [0, 0.05) is 17.9 Å². The van der Waals surface area contributed by atoms with E-state index in [0.29, 0.717) is 5.92 Å². The summed E-state index contributed by atoms with van der Waals surface area (Å²) in [5.74, 6) is 2.60. The second-order valence-corrected chi connectivity index (χ2v) is 6.27. The topological polar surface area (TPSA) is 30.7 Å². The smallest absolute Gasteiger partial charge is 0.191 e. The van der Waals surface area contributed by atoms with Crippen molar-refractivity contribution in [3.8, 4) is 11.4 Å². The number of hydrogen-bond acceptors (Lipinski definition) is 3. The lowest BCUT2D eigenvalue weighted by molar-refractivity contribution is 0.716. The van der Waals surface area contributed by atoms with E-state index in [1.54, 1.807) is 11.8 Å². The quantitative estimate of drug-likeness (QED) is 0.589. The third-order valence-electron chi connectivity index (χ3n) is 2.85. The van der Waals surface area contributed by atoms with Gasteiger partial charge in [0.1, 0.15) is 0 Å². The Labute approximate surface area is 125 Å². The average Bonchev–Trinajstić information content (AvgIpc) is 2.80. The zero-order chi connectivity index (χ0) is 14.5. The van der Waals surface area contributed by atoms with E-state index >= 15 is 0 Å². The highest BCUT2D eigenvalue weighted by atomic mass is 32.2. The Bertz CT molecular complexity index is 587. The number of aryl methyl sites for hydroxylation is 1. The van der Waals surface area contributed by atoms with Gasteiger partial charge in [0.15, 0.2) is 11.0 Å². The SMILES string of the molecule is C=CCn1c(SCC(C)C)nnc1-c1cccc(C)c1. The van der Waals surface area contributed by atoms with Crippen LogP contribution in [0.15, 0.2) is 42.1 Å². The molecule has 0 bridgehead atoms. The highest BCUT2D eigenvalue weighted by Gasteiger charge is 2.13. The molecule has 20 heavy (non-hydrogen) atoms. The summed E-state index contributed by atoms with van der Waals surface area (Å²) in [6.07, 6.45) is 1.89. The number of allylic oxidation sites excluding steroid dienone is 1. The molecule has 0 radical (unpaired) electrons. The summed E-state index contributed by atoms with van der Waals surface area (Å²) in [6.45, 7) is 11.1. The Morgan fingerprint density at radius 1 is 1.35 bits per heavy atom. The predicted molar refractivity (Wildman–Crippen MR) is 86.0 cm³/mol. The first-order valence-corrected chi connectivity index (χ1v) is 7.84. The fourth-order valence-corrected chi connectivity index (χ4v) is 2.83. The molecule has 0 amide bonds. The molecule has 0 saturated heterocycles. The first kappa shape index (κ1) is 14.9. The molecule has 2 aromatic rings. The van der Waals surface area contributed by atoms with Crippen molar-refractivity contribution in [2.75, 3.05) is 5.75 Å². The zero-order valence-corrected chi connectivity index (χ0v) is 13.2. The fourth-order valence-electron chi connectivity index (χ4n) is 1.93. The molecule has 0 spiro atoms. The highest BCUT2D eigenvalue weighted by Crippen LogP contribution is 2.25. The van der Waals surface area contributed by atoms with Crippen molar-refractivity contribution >= 4 is 11.8 Å². The number of thioether (sulfide) groups is 1. The Morgan fingerprint density at radius 2 is 2.15 bits per heavy atom. The second-order valence-electron chi connectivity index (χ2n) is 5.28. The summed E-state index contributed by atoms with van der Waals surface area (Å²) in [5, 5.41) is 9.68. The van der Waals surface area contributed by atoms with E-state index in [4.69, 9.17) is 0 Å². The van der Waals surface area contributed by atoms with Crippen molar-refractivity contribution < 1.29 is 0 Å². The molecule has 1 aromatic carbocycles. The zero-order valence-electron chi connectivity index (χ0n) is 12.3. The van der Waals surface area contributed by atoms with E-state index in [1.165, 1.54) is 5.56 Å². The summed E-state index contributed by atoms with van der Waals surface area (Å²) in [4.78, 5) is 0. The second kappa shape index (κ2) is 6.75. The summed E-state index contributed by atoms with van der Waals surface area (Å²) in [7, 11) is 0. The van der Waals surface area contributed by atoms with Gasteiger partial charge in [0.25, 0.3) is 0 Å². The maximum absolute atomic E-state index is 4.37. The van der Waals surface area contributed by atoms with Gasteiger partial charge in [-0.3, -0.25) is 4.57 Å². The van der Waals surface area contributed by atoms with E-state index in [9.17, 15) is 0 Å². The van der Waals surface area contributed by atoms with Crippen LogP contribution in [0.5, 0.6) is 0 Å². The molecular weight excluding hydrogens is 266 g/mol. The van der Waals surface area contributed by atoms with Crippen LogP contribution in [0.2, 0.25) is 0 Å².